The Kier molecular flexibility index (Phi) is 4.45. The molecule has 0 unspecified atom stereocenters. The Morgan fingerprint density at radius 1 is 0.640 bits per heavy atom. The van der Waals surface area contributed by atoms with Gasteiger partial charge in [0.2, 0.25) is 0 Å². The van der Waals surface area contributed by atoms with E-state index in [9.17, 15) is 0 Å². The van der Waals surface area contributed by atoms with Crippen molar-refractivity contribution in [2.24, 2.45) is 0 Å². The van der Waals surface area contributed by atoms with E-state index in [1.165, 1.54) is 20.5 Å². The zero-order valence-corrected chi connectivity index (χ0v) is 19.9. The Hall–Kier alpha value is -2.33. The van der Waals surface area contributed by atoms with E-state index in [1.807, 2.05) is 6.20 Å². The van der Waals surface area contributed by atoms with E-state index in [-0.39, 0.29) is 22.5 Å². The van der Waals surface area contributed by atoms with Gasteiger partial charge in [-0.15, -0.1) is 0 Å². The monoisotopic (exact) mass is 432 g/mol. The molecule has 0 amide bonds. The SMILES string of the molecule is [SnH3][c]1nccn1C(c1ccccc1)(c1ccccc1)c1ccccc1. The standard InChI is InChI=1S/C22H17N2.Sn.3H/c1-4-10-19(11-5-1)22(24-17-16-23-18-24,20-12-6-2-7-13-20)21-14-8-3-9-15-21;;;;/h1-17H;;;;. The molecule has 0 aliphatic heterocycles. The molecule has 0 N–H and O–H groups in total. The first-order chi connectivity index (χ1) is 12.3. The maximum absolute atomic E-state index is 4.62. The van der Waals surface area contributed by atoms with E-state index in [1.54, 1.807) is 0 Å². The van der Waals surface area contributed by atoms with Gasteiger partial charge >= 0.3 is 162 Å². The Balaban J connectivity index is 2.15. The van der Waals surface area contributed by atoms with Gasteiger partial charge in [-0.2, -0.15) is 0 Å². The first kappa shape index (κ1) is 16.2. The summed E-state index contributed by atoms with van der Waals surface area (Å²) in [5, 5.41) is 0. The van der Waals surface area contributed by atoms with Crippen molar-refractivity contribution in [1.29, 1.82) is 0 Å². The van der Waals surface area contributed by atoms with Crippen molar-refractivity contribution in [1.82, 2.24) is 9.55 Å². The zero-order valence-electron chi connectivity index (χ0n) is 14.2. The van der Waals surface area contributed by atoms with Crippen molar-refractivity contribution >= 4 is 26.4 Å². The van der Waals surface area contributed by atoms with Crippen LogP contribution >= 0.6 is 0 Å². The molecule has 25 heavy (non-hydrogen) atoms. The molecule has 2 nitrogen and oxygen atoms in total. The van der Waals surface area contributed by atoms with E-state index in [0.717, 1.165) is 0 Å². The topological polar surface area (TPSA) is 17.8 Å². The molecule has 0 saturated carbocycles. The van der Waals surface area contributed by atoms with E-state index in [2.05, 4.69) is 107 Å². The molecule has 1 aromatic heterocycles. The molecule has 4 aromatic rings. The van der Waals surface area contributed by atoms with Crippen LogP contribution in [-0.2, 0) is 5.54 Å². The third-order valence-corrected chi connectivity index (χ3v) is 6.87. The first-order valence-electron chi connectivity index (χ1n) is 8.50. The molecule has 4 rings (SSSR count). The molecular formula is C22H20N2Sn. The zero-order chi connectivity index (χ0) is 17.1. The number of hydrogen-bond donors (Lipinski definition) is 0. The van der Waals surface area contributed by atoms with Gasteiger partial charge in [-0.3, -0.25) is 0 Å². The summed E-state index contributed by atoms with van der Waals surface area (Å²) < 4.78 is 3.56. The van der Waals surface area contributed by atoms with Gasteiger partial charge in [-0.25, -0.2) is 0 Å². The van der Waals surface area contributed by atoms with Crippen LogP contribution in [0.1, 0.15) is 16.7 Å². The van der Waals surface area contributed by atoms with Gasteiger partial charge < -0.3 is 0 Å². The van der Waals surface area contributed by atoms with Crippen molar-refractivity contribution in [2.75, 3.05) is 0 Å². The normalized spacial score (nSPS) is 11.5. The minimum absolute atomic E-state index is 0.282. The van der Waals surface area contributed by atoms with Crippen LogP contribution < -0.4 is 3.84 Å². The molecule has 0 fully saturated rings. The summed E-state index contributed by atoms with van der Waals surface area (Å²) in [6.45, 7) is 0. The summed E-state index contributed by atoms with van der Waals surface area (Å²) in [5.41, 5.74) is 3.35. The maximum atomic E-state index is 4.62. The van der Waals surface area contributed by atoms with Crippen LogP contribution in [0.3, 0.4) is 0 Å². The summed E-state index contributed by atoms with van der Waals surface area (Å²) in [7, 11) is 0. The van der Waals surface area contributed by atoms with Crippen molar-refractivity contribution in [2.45, 2.75) is 5.54 Å². The Labute approximate surface area is 161 Å². The summed E-state index contributed by atoms with van der Waals surface area (Å²) in [4.78, 5) is 4.62. The third-order valence-electron chi connectivity index (χ3n) is 4.76. The Bertz CT molecular complexity index is 850. The molecule has 0 bridgehead atoms. The number of hydrogen-bond acceptors (Lipinski definition) is 1. The van der Waals surface area contributed by atoms with Crippen LogP contribution in [0.25, 0.3) is 0 Å². The summed E-state index contributed by atoms with van der Waals surface area (Å²) in [6, 6.07) is 32.2. The van der Waals surface area contributed by atoms with Crippen LogP contribution in [0.5, 0.6) is 0 Å². The molecule has 0 aliphatic rings. The number of aromatic nitrogens is 2. The molecule has 122 valence electrons. The van der Waals surface area contributed by atoms with E-state index in [4.69, 9.17) is 0 Å². The van der Waals surface area contributed by atoms with Gasteiger partial charge in [0.15, 0.2) is 0 Å². The summed E-state index contributed by atoms with van der Waals surface area (Å²) in [5.74, 6) is 0. The molecule has 0 atom stereocenters. The van der Waals surface area contributed by atoms with E-state index >= 15 is 0 Å². The van der Waals surface area contributed by atoms with Crippen molar-refractivity contribution in [3.63, 3.8) is 0 Å². The fraction of sp³-hybridized carbons (Fsp3) is 0.0455. The van der Waals surface area contributed by atoms with Gasteiger partial charge in [0, 0.05) is 0 Å². The number of nitrogens with zero attached hydrogens (tertiary/aromatic N) is 2. The quantitative estimate of drug-likeness (QED) is 0.359. The average Bonchev–Trinajstić information content (AvgIpc) is 3.12. The second kappa shape index (κ2) is 6.88. The van der Waals surface area contributed by atoms with Crippen molar-refractivity contribution < 1.29 is 0 Å². The third kappa shape index (κ3) is 2.70. The fourth-order valence-corrected chi connectivity index (χ4v) is 5.50. The van der Waals surface area contributed by atoms with E-state index < -0.39 is 5.54 Å². The molecule has 0 radical (unpaired) electrons. The molecule has 0 aliphatic carbocycles. The van der Waals surface area contributed by atoms with Gasteiger partial charge in [-0.05, 0) is 0 Å². The van der Waals surface area contributed by atoms with Crippen LogP contribution in [0.15, 0.2) is 103 Å². The fourth-order valence-electron chi connectivity index (χ4n) is 3.69. The Morgan fingerprint density at radius 2 is 1.04 bits per heavy atom. The summed E-state index contributed by atoms with van der Waals surface area (Å²) >= 11 is 0.282. The van der Waals surface area contributed by atoms with Crippen LogP contribution in [0.2, 0.25) is 0 Å². The van der Waals surface area contributed by atoms with Crippen molar-refractivity contribution in [3.8, 4) is 0 Å². The number of imidazole rings is 1. The van der Waals surface area contributed by atoms with Gasteiger partial charge in [0.25, 0.3) is 0 Å². The van der Waals surface area contributed by atoms with E-state index in [0.29, 0.717) is 0 Å². The molecule has 1 heterocycles. The average molecular weight is 431 g/mol. The second-order valence-corrected chi connectivity index (χ2v) is 8.71. The van der Waals surface area contributed by atoms with Crippen LogP contribution in [0, 0.1) is 0 Å². The summed E-state index contributed by atoms with van der Waals surface area (Å²) in [6.07, 6.45) is 4.05. The molecule has 3 heteroatoms. The molecule has 3 aromatic carbocycles. The van der Waals surface area contributed by atoms with Gasteiger partial charge in [0.05, 0.1) is 0 Å². The molecule has 0 spiro atoms. The first-order valence-corrected chi connectivity index (χ1v) is 11.4. The number of benzene rings is 3. The molecule has 0 saturated heterocycles. The second-order valence-electron chi connectivity index (χ2n) is 6.15. The van der Waals surface area contributed by atoms with Gasteiger partial charge in [-0.1, -0.05) is 0 Å². The molecular weight excluding hydrogens is 411 g/mol. The van der Waals surface area contributed by atoms with Crippen LogP contribution in [-0.4, -0.2) is 32.1 Å². The Morgan fingerprint density at radius 3 is 1.36 bits per heavy atom. The predicted molar refractivity (Wildman–Crippen MR) is 106 cm³/mol. The number of rotatable bonds is 4. The predicted octanol–water partition coefficient (Wildman–Crippen LogP) is 2.71. The van der Waals surface area contributed by atoms with Crippen LogP contribution in [0.4, 0.5) is 0 Å². The van der Waals surface area contributed by atoms with Gasteiger partial charge in [0.1, 0.15) is 0 Å². The van der Waals surface area contributed by atoms with Crippen molar-refractivity contribution in [3.05, 3.63) is 120 Å². The minimum atomic E-state index is -0.402.